The zero-order valence-electron chi connectivity index (χ0n) is 19.6. The van der Waals surface area contributed by atoms with Crippen molar-refractivity contribution in [3.05, 3.63) is 101 Å². The maximum absolute atomic E-state index is 13.1. The van der Waals surface area contributed by atoms with Crippen LogP contribution in [0.15, 0.2) is 83.8 Å². The molecule has 4 rings (SSSR count). The minimum atomic E-state index is -3.91. The molecule has 8 nitrogen and oxygen atoms in total. The second kappa shape index (κ2) is 10.0. The Labute approximate surface area is 204 Å². The van der Waals surface area contributed by atoms with E-state index in [9.17, 15) is 13.2 Å². The van der Waals surface area contributed by atoms with Gasteiger partial charge in [0.15, 0.2) is 0 Å². The number of ether oxygens (including phenoxy) is 1. The Balaban J connectivity index is 1.54. The number of anilines is 2. The van der Waals surface area contributed by atoms with Crippen LogP contribution in [0.1, 0.15) is 27.3 Å². The number of aryl methyl sites for hydroxylation is 1. The van der Waals surface area contributed by atoms with E-state index in [4.69, 9.17) is 4.74 Å². The van der Waals surface area contributed by atoms with E-state index in [-0.39, 0.29) is 10.8 Å². The number of nitrogens with one attached hydrogen (secondary N) is 2. The second-order valence-corrected chi connectivity index (χ2v) is 9.66. The Hall–Kier alpha value is -4.11. The first kappa shape index (κ1) is 24.0. The minimum Gasteiger partial charge on any atom is -0.495 e. The lowest BCUT2D eigenvalue weighted by Crippen LogP contribution is -2.16. The Morgan fingerprint density at radius 1 is 0.971 bits per heavy atom. The summed E-state index contributed by atoms with van der Waals surface area (Å²) in [5, 5.41) is 7.33. The van der Waals surface area contributed by atoms with Crippen molar-refractivity contribution in [2.45, 2.75) is 25.3 Å². The highest BCUT2D eigenvalue weighted by molar-refractivity contribution is 7.92. The summed E-state index contributed by atoms with van der Waals surface area (Å²) in [6.07, 6.45) is 0. The molecule has 180 valence electrons. The van der Waals surface area contributed by atoms with Gasteiger partial charge in [0, 0.05) is 11.4 Å². The molecule has 0 saturated carbocycles. The molecule has 0 aliphatic carbocycles. The van der Waals surface area contributed by atoms with Gasteiger partial charge in [-0.05, 0) is 49.7 Å². The molecule has 2 N–H and O–H groups in total. The van der Waals surface area contributed by atoms with E-state index in [1.54, 1.807) is 48.0 Å². The highest BCUT2D eigenvalue weighted by atomic mass is 32.2. The van der Waals surface area contributed by atoms with E-state index in [1.165, 1.54) is 19.2 Å². The first-order valence-corrected chi connectivity index (χ1v) is 12.4. The van der Waals surface area contributed by atoms with E-state index in [1.807, 2.05) is 37.3 Å². The molecule has 0 radical (unpaired) electrons. The summed E-state index contributed by atoms with van der Waals surface area (Å²) in [5.74, 6) is 0.0468. The summed E-state index contributed by atoms with van der Waals surface area (Å²) in [6, 6.07) is 22.7. The third-order valence-electron chi connectivity index (χ3n) is 5.54. The highest BCUT2D eigenvalue weighted by Crippen LogP contribution is 2.27. The molecule has 0 aliphatic heterocycles. The van der Waals surface area contributed by atoms with Crippen LogP contribution in [0.2, 0.25) is 0 Å². The Morgan fingerprint density at radius 2 is 1.69 bits per heavy atom. The van der Waals surface area contributed by atoms with Crippen LogP contribution in [0.25, 0.3) is 0 Å². The van der Waals surface area contributed by atoms with E-state index in [2.05, 4.69) is 15.1 Å². The van der Waals surface area contributed by atoms with Gasteiger partial charge in [-0.3, -0.25) is 14.2 Å². The van der Waals surface area contributed by atoms with Crippen molar-refractivity contribution in [1.29, 1.82) is 0 Å². The molecule has 4 aromatic rings. The molecule has 0 saturated heterocycles. The van der Waals surface area contributed by atoms with Gasteiger partial charge in [0.25, 0.3) is 15.9 Å². The molecule has 0 atom stereocenters. The predicted molar refractivity (Wildman–Crippen MR) is 135 cm³/mol. The molecular weight excluding hydrogens is 464 g/mol. The molecular formula is C26H26N4O4S. The quantitative estimate of drug-likeness (QED) is 0.376. The third kappa shape index (κ3) is 5.36. The number of aromatic nitrogens is 2. The first-order valence-electron chi connectivity index (χ1n) is 10.9. The fraction of sp³-hybridized carbons (Fsp3) is 0.154. The van der Waals surface area contributed by atoms with Crippen LogP contribution in [-0.4, -0.2) is 31.2 Å². The van der Waals surface area contributed by atoms with Gasteiger partial charge in [-0.25, -0.2) is 8.42 Å². The summed E-state index contributed by atoms with van der Waals surface area (Å²) in [5.41, 5.74) is 3.53. The molecule has 9 heteroatoms. The fourth-order valence-electron chi connectivity index (χ4n) is 3.80. The van der Waals surface area contributed by atoms with Crippen molar-refractivity contribution < 1.29 is 17.9 Å². The highest BCUT2D eigenvalue weighted by Gasteiger charge is 2.21. The number of benzene rings is 3. The number of amides is 1. The summed E-state index contributed by atoms with van der Waals surface area (Å²) in [4.78, 5) is 13.1. The lowest BCUT2D eigenvalue weighted by atomic mass is 10.1. The van der Waals surface area contributed by atoms with E-state index >= 15 is 0 Å². The summed E-state index contributed by atoms with van der Waals surface area (Å²) < 4.78 is 35.5. The van der Waals surface area contributed by atoms with Crippen molar-refractivity contribution in [2.75, 3.05) is 17.1 Å². The van der Waals surface area contributed by atoms with Gasteiger partial charge in [0.05, 0.1) is 35.5 Å². The number of hydrogen-bond acceptors (Lipinski definition) is 5. The minimum absolute atomic E-state index is 0.00872. The average molecular weight is 491 g/mol. The molecule has 1 heterocycles. The molecule has 0 unspecified atom stereocenters. The molecule has 0 fully saturated rings. The number of sulfonamides is 1. The monoisotopic (exact) mass is 490 g/mol. The van der Waals surface area contributed by atoms with Crippen molar-refractivity contribution in [1.82, 2.24) is 9.78 Å². The molecule has 1 aromatic heterocycles. The van der Waals surface area contributed by atoms with Crippen molar-refractivity contribution >= 4 is 27.3 Å². The van der Waals surface area contributed by atoms with Crippen LogP contribution < -0.4 is 14.8 Å². The SMILES string of the molecule is COc1ccccc1NS(=O)(=O)c1cccc(NC(=O)c2c(C)nn(Cc3ccccc3)c2C)c1. The molecule has 35 heavy (non-hydrogen) atoms. The van der Waals surface area contributed by atoms with E-state index < -0.39 is 10.0 Å². The van der Waals surface area contributed by atoms with Crippen LogP contribution in [0.3, 0.4) is 0 Å². The lowest BCUT2D eigenvalue weighted by Gasteiger charge is -2.13. The smallest absolute Gasteiger partial charge is 0.262 e. The van der Waals surface area contributed by atoms with Crippen molar-refractivity contribution in [2.24, 2.45) is 0 Å². The molecule has 0 spiro atoms. The number of rotatable bonds is 8. The summed E-state index contributed by atoms with van der Waals surface area (Å²) in [6.45, 7) is 4.17. The lowest BCUT2D eigenvalue weighted by molar-refractivity contribution is 0.102. The van der Waals surface area contributed by atoms with Crippen LogP contribution in [0.4, 0.5) is 11.4 Å². The third-order valence-corrected chi connectivity index (χ3v) is 6.90. The zero-order valence-corrected chi connectivity index (χ0v) is 20.5. The number of carbonyl (C=O) groups excluding carboxylic acids is 1. The summed E-state index contributed by atoms with van der Waals surface area (Å²) >= 11 is 0. The normalized spacial score (nSPS) is 11.2. The molecule has 1 amide bonds. The van der Waals surface area contributed by atoms with Gasteiger partial charge >= 0.3 is 0 Å². The largest absolute Gasteiger partial charge is 0.495 e. The Bertz CT molecular complexity index is 1460. The van der Waals surface area contributed by atoms with Gasteiger partial charge in [-0.1, -0.05) is 48.5 Å². The van der Waals surface area contributed by atoms with Gasteiger partial charge in [0.1, 0.15) is 5.75 Å². The maximum atomic E-state index is 13.1. The van der Waals surface area contributed by atoms with Crippen LogP contribution in [-0.2, 0) is 16.6 Å². The molecule has 0 aliphatic rings. The number of hydrogen-bond donors (Lipinski definition) is 2. The number of nitrogens with zero attached hydrogens (tertiary/aromatic N) is 2. The van der Waals surface area contributed by atoms with E-state index in [0.29, 0.717) is 34.9 Å². The van der Waals surface area contributed by atoms with E-state index in [0.717, 1.165) is 11.3 Å². The predicted octanol–water partition coefficient (Wildman–Crippen LogP) is 4.61. The summed E-state index contributed by atoms with van der Waals surface area (Å²) in [7, 11) is -2.45. The zero-order chi connectivity index (χ0) is 25.0. The van der Waals surface area contributed by atoms with Crippen LogP contribution in [0, 0.1) is 13.8 Å². The average Bonchev–Trinajstić information content (AvgIpc) is 3.12. The topological polar surface area (TPSA) is 102 Å². The second-order valence-electron chi connectivity index (χ2n) is 7.98. The maximum Gasteiger partial charge on any atom is 0.262 e. The van der Waals surface area contributed by atoms with Crippen molar-refractivity contribution in [3.8, 4) is 5.75 Å². The molecule has 3 aromatic carbocycles. The van der Waals surface area contributed by atoms with Crippen molar-refractivity contribution in [3.63, 3.8) is 0 Å². The van der Waals surface area contributed by atoms with Crippen LogP contribution >= 0.6 is 0 Å². The number of methoxy groups -OCH3 is 1. The van der Waals surface area contributed by atoms with Gasteiger partial charge < -0.3 is 10.1 Å². The van der Waals surface area contributed by atoms with Crippen LogP contribution in [0.5, 0.6) is 5.75 Å². The standard InChI is InChI=1S/C26H26N4O4S/c1-18-25(19(2)30(28-18)17-20-10-5-4-6-11-20)26(31)27-21-12-9-13-22(16-21)35(32,33)29-23-14-7-8-15-24(23)34-3/h4-16,29H,17H2,1-3H3,(H,27,31). The van der Waals surface area contributed by atoms with Gasteiger partial charge in [-0.2, -0.15) is 5.10 Å². The van der Waals surface area contributed by atoms with Gasteiger partial charge in [0.2, 0.25) is 0 Å². The van der Waals surface area contributed by atoms with Gasteiger partial charge in [-0.15, -0.1) is 0 Å². The Morgan fingerprint density at radius 3 is 2.43 bits per heavy atom. The Kier molecular flexibility index (Phi) is 6.88. The molecule has 0 bridgehead atoms. The number of para-hydroxylation sites is 2. The number of carbonyl (C=O) groups is 1. The first-order chi connectivity index (χ1) is 16.8. The fourth-order valence-corrected chi connectivity index (χ4v) is 4.92.